The van der Waals surface area contributed by atoms with E-state index in [0.717, 1.165) is 35.2 Å². The average molecular weight is 345 g/mol. The quantitative estimate of drug-likeness (QED) is 0.320. The molecule has 0 aromatic heterocycles. The molecule has 0 bridgehead atoms. The van der Waals surface area contributed by atoms with Gasteiger partial charge in [-0.2, -0.15) is 5.10 Å². The summed E-state index contributed by atoms with van der Waals surface area (Å²) in [5, 5.41) is 18.2. The van der Waals surface area contributed by atoms with Crippen molar-refractivity contribution >= 4 is 42.3 Å². The Labute approximate surface area is 140 Å². The predicted molar refractivity (Wildman–Crippen MR) is 91.5 cm³/mol. The third kappa shape index (κ3) is 3.10. The van der Waals surface area contributed by atoms with Crippen LogP contribution in [-0.2, 0) is 6.42 Å². The standard InChI is InChI=1S/C13H16N6O.2ClH/c14-12(18-20)10-3-1-2-9-8(10)4-5-11(9)17-19-7-6-16-13(19)15;;/h1-3,20H,4-7H2,(H2,14,18)(H2,15,16);2*1H/b17-11+;;. The van der Waals surface area contributed by atoms with Gasteiger partial charge in [-0.15, -0.1) is 24.8 Å². The summed E-state index contributed by atoms with van der Waals surface area (Å²) in [4.78, 5) is 4.12. The highest BCUT2D eigenvalue weighted by Gasteiger charge is 2.24. The summed E-state index contributed by atoms with van der Waals surface area (Å²) in [6.07, 6.45) is 1.64. The minimum absolute atomic E-state index is 0. The first-order chi connectivity index (χ1) is 9.70. The Bertz CT molecular complexity index is 643. The number of nitrogens with zero attached hydrogens (tertiary/aromatic N) is 4. The molecule has 120 valence electrons. The molecule has 2 aliphatic rings. The molecule has 1 aliphatic heterocycles. The molecular formula is C13H18Cl2N6O. The maximum atomic E-state index is 8.84. The first-order valence-corrected chi connectivity index (χ1v) is 6.46. The number of halogens is 2. The lowest BCUT2D eigenvalue weighted by Gasteiger charge is -2.12. The van der Waals surface area contributed by atoms with E-state index in [9.17, 15) is 0 Å². The van der Waals surface area contributed by atoms with Crippen LogP contribution in [0.5, 0.6) is 0 Å². The lowest BCUT2D eigenvalue weighted by molar-refractivity contribution is 0.318. The highest BCUT2D eigenvalue weighted by molar-refractivity contribution is 6.09. The number of hydrogen-bond acceptors (Lipinski definition) is 6. The van der Waals surface area contributed by atoms with Crippen molar-refractivity contribution in [2.45, 2.75) is 12.8 Å². The molecule has 7 nitrogen and oxygen atoms in total. The number of nitrogens with two attached hydrogens (primary N) is 2. The van der Waals surface area contributed by atoms with Crippen LogP contribution >= 0.6 is 24.8 Å². The Morgan fingerprint density at radius 3 is 2.68 bits per heavy atom. The molecule has 0 radical (unpaired) electrons. The molecule has 0 atom stereocenters. The topological polar surface area (TPSA) is 113 Å². The molecule has 9 heteroatoms. The second-order valence-corrected chi connectivity index (χ2v) is 4.73. The number of aliphatic imine (C=N–C) groups is 1. The van der Waals surface area contributed by atoms with E-state index in [1.165, 1.54) is 0 Å². The highest BCUT2D eigenvalue weighted by Crippen LogP contribution is 2.26. The fourth-order valence-corrected chi connectivity index (χ4v) is 2.60. The molecule has 5 N–H and O–H groups in total. The molecule has 3 rings (SSSR count). The summed E-state index contributed by atoms with van der Waals surface area (Å²) >= 11 is 0. The van der Waals surface area contributed by atoms with Crippen LogP contribution < -0.4 is 11.5 Å². The minimum Gasteiger partial charge on any atom is -0.409 e. The fourth-order valence-electron chi connectivity index (χ4n) is 2.60. The number of fused-ring (bicyclic) bond motifs is 1. The number of oxime groups is 1. The molecule has 0 saturated carbocycles. The molecule has 0 spiro atoms. The van der Waals surface area contributed by atoms with Gasteiger partial charge in [0.25, 0.3) is 0 Å². The predicted octanol–water partition coefficient (Wildman–Crippen LogP) is 0.905. The third-order valence-electron chi connectivity index (χ3n) is 3.57. The summed E-state index contributed by atoms with van der Waals surface area (Å²) in [5.74, 6) is 0.587. The maximum absolute atomic E-state index is 8.84. The second kappa shape index (κ2) is 7.33. The van der Waals surface area contributed by atoms with Crippen LogP contribution in [0.1, 0.15) is 23.1 Å². The monoisotopic (exact) mass is 344 g/mol. The van der Waals surface area contributed by atoms with Gasteiger partial charge < -0.3 is 16.7 Å². The van der Waals surface area contributed by atoms with Crippen molar-refractivity contribution < 1.29 is 5.21 Å². The van der Waals surface area contributed by atoms with Crippen molar-refractivity contribution in [3.05, 3.63) is 34.9 Å². The van der Waals surface area contributed by atoms with Crippen molar-refractivity contribution in [2.24, 2.45) is 26.7 Å². The van der Waals surface area contributed by atoms with E-state index in [2.05, 4.69) is 15.2 Å². The first kappa shape index (κ1) is 18.1. The van der Waals surface area contributed by atoms with E-state index in [-0.39, 0.29) is 30.6 Å². The fraction of sp³-hybridized carbons (Fsp3) is 0.308. The van der Waals surface area contributed by atoms with Gasteiger partial charge in [0.15, 0.2) is 5.84 Å². The summed E-state index contributed by atoms with van der Waals surface area (Å²) < 4.78 is 0. The molecule has 1 aromatic rings. The highest BCUT2D eigenvalue weighted by atomic mass is 35.5. The van der Waals surface area contributed by atoms with E-state index in [0.29, 0.717) is 19.0 Å². The lowest BCUT2D eigenvalue weighted by Crippen LogP contribution is -2.30. The van der Waals surface area contributed by atoms with Gasteiger partial charge in [-0.05, 0) is 18.4 Å². The van der Waals surface area contributed by atoms with E-state index < -0.39 is 0 Å². The zero-order valence-corrected chi connectivity index (χ0v) is 13.4. The molecule has 0 saturated heterocycles. The van der Waals surface area contributed by atoms with Gasteiger partial charge in [0.1, 0.15) is 0 Å². The Hall–Kier alpha value is -1.99. The van der Waals surface area contributed by atoms with Crippen LogP contribution in [0, 0.1) is 0 Å². The van der Waals surface area contributed by atoms with E-state index in [1.54, 1.807) is 5.01 Å². The van der Waals surface area contributed by atoms with Crippen LogP contribution in [0.15, 0.2) is 33.4 Å². The summed E-state index contributed by atoms with van der Waals surface area (Å²) in [6, 6.07) is 5.73. The molecule has 1 heterocycles. The number of guanidine groups is 1. The molecule has 0 unspecified atom stereocenters. The Balaban J connectivity index is 0.00000121. The number of hydrogen-bond donors (Lipinski definition) is 3. The Morgan fingerprint density at radius 1 is 1.27 bits per heavy atom. The second-order valence-electron chi connectivity index (χ2n) is 4.73. The van der Waals surface area contributed by atoms with Gasteiger partial charge in [-0.3, -0.25) is 0 Å². The number of amidine groups is 1. The van der Waals surface area contributed by atoms with Crippen LogP contribution in [0.25, 0.3) is 0 Å². The van der Waals surface area contributed by atoms with Crippen LogP contribution in [0.4, 0.5) is 0 Å². The smallest absolute Gasteiger partial charge is 0.212 e. The zero-order valence-electron chi connectivity index (χ0n) is 11.8. The molecule has 1 aliphatic carbocycles. The number of benzene rings is 1. The van der Waals surface area contributed by atoms with Crippen molar-refractivity contribution in [2.75, 3.05) is 13.1 Å². The Morgan fingerprint density at radius 2 is 2.05 bits per heavy atom. The van der Waals surface area contributed by atoms with Crippen molar-refractivity contribution in [3.8, 4) is 0 Å². The SMILES string of the molecule is Cl.Cl.NC1=NCCN1/N=C1\CCc2c(/C(N)=N\O)cccc21. The van der Waals surface area contributed by atoms with Crippen molar-refractivity contribution in [3.63, 3.8) is 0 Å². The number of rotatable bonds is 2. The molecule has 0 fully saturated rings. The maximum Gasteiger partial charge on any atom is 0.212 e. The summed E-state index contributed by atoms with van der Waals surface area (Å²) in [7, 11) is 0. The van der Waals surface area contributed by atoms with Crippen LogP contribution in [0.3, 0.4) is 0 Å². The lowest BCUT2D eigenvalue weighted by atomic mass is 10.0. The van der Waals surface area contributed by atoms with Gasteiger partial charge in [-0.25, -0.2) is 10.0 Å². The zero-order chi connectivity index (χ0) is 14.1. The molecule has 1 aromatic carbocycles. The van der Waals surface area contributed by atoms with Gasteiger partial charge in [0.2, 0.25) is 5.96 Å². The largest absolute Gasteiger partial charge is 0.409 e. The first-order valence-electron chi connectivity index (χ1n) is 6.46. The Kier molecular flexibility index (Phi) is 6.01. The van der Waals surface area contributed by atoms with Crippen molar-refractivity contribution in [1.82, 2.24) is 5.01 Å². The van der Waals surface area contributed by atoms with Crippen LogP contribution in [-0.4, -0.2) is 40.8 Å². The molecular weight excluding hydrogens is 327 g/mol. The van der Waals surface area contributed by atoms with Gasteiger partial charge in [0.05, 0.1) is 18.8 Å². The van der Waals surface area contributed by atoms with Gasteiger partial charge in [-0.1, -0.05) is 23.4 Å². The average Bonchev–Trinajstić information content (AvgIpc) is 3.06. The summed E-state index contributed by atoms with van der Waals surface area (Å²) in [5.41, 5.74) is 15.3. The van der Waals surface area contributed by atoms with Crippen LogP contribution in [0.2, 0.25) is 0 Å². The third-order valence-corrected chi connectivity index (χ3v) is 3.57. The molecule has 0 amide bonds. The van der Waals surface area contributed by atoms with E-state index >= 15 is 0 Å². The van der Waals surface area contributed by atoms with Gasteiger partial charge in [0, 0.05) is 11.1 Å². The van der Waals surface area contributed by atoms with E-state index in [4.69, 9.17) is 16.7 Å². The minimum atomic E-state index is 0. The summed E-state index contributed by atoms with van der Waals surface area (Å²) in [6.45, 7) is 1.39. The molecule has 22 heavy (non-hydrogen) atoms. The van der Waals surface area contributed by atoms with E-state index in [1.807, 2.05) is 18.2 Å². The number of hydrazone groups is 1. The normalized spacial score (nSPS) is 18.5. The van der Waals surface area contributed by atoms with Crippen molar-refractivity contribution in [1.29, 1.82) is 0 Å². The van der Waals surface area contributed by atoms with Gasteiger partial charge >= 0.3 is 0 Å².